The van der Waals surface area contributed by atoms with Gasteiger partial charge in [-0.05, 0) is 37.2 Å². The molecule has 1 aromatic heterocycles. The van der Waals surface area contributed by atoms with Gasteiger partial charge in [0.2, 0.25) is 11.7 Å². The zero-order valence-corrected chi connectivity index (χ0v) is 16.0. The Labute approximate surface area is 163 Å². The number of nitrogens with one attached hydrogen (secondary N) is 1. The van der Waals surface area contributed by atoms with E-state index in [4.69, 9.17) is 10.3 Å². The fourth-order valence-corrected chi connectivity index (χ4v) is 4.10. The van der Waals surface area contributed by atoms with Crippen LogP contribution in [0.25, 0.3) is 11.4 Å². The standard InChI is InChI=1S/C20H25N5O3/c1-2-13-7-9-20(10-8-13)18(26)25(19(27)23-20)12-16-22-17(24-28-16)15-5-3-14(11-21)4-6-15/h3-6,13H,2,7-12,21H2,1H3,(H,23,27). The number of rotatable bonds is 5. The third kappa shape index (κ3) is 3.28. The molecule has 8 nitrogen and oxygen atoms in total. The number of hydrogen-bond donors (Lipinski definition) is 2. The van der Waals surface area contributed by atoms with Crippen molar-refractivity contribution in [2.45, 2.75) is 57.7 Å². The third-order valence-electron chi connectivity index (χ3n) is 5.99. The molecule has 1 saturated carbocycles. The summed E-state index contributed by atoms with van der Waals surface area (Å²) in [6.07, 6.45) is 4.41. The summed E-state index contributed by atoms with van der Waals surface area (Å²) in [5.74, 6) is 1.11. The molecule has 0 atom stereocenters. The number of carbonyl (C=O) groups is 2. The molecule has 1 aliphatic carbocycles. The molecule has 1 saturated heterocycles. The van der Waals surface area contributed by atoms with Crippen LogP contribution in [0.5, 0.6) is 0 Å². The van der Waals surface area contributed by atoms with Crippen LogP contribution in [-0.4, -0.2) is 32.5 Å². The first-order valence-electron chi connectivity index (χ1n) is 9.80. The molecular formula is C20H25N5O3. The SMILES string of the molecule is CCC1CCC2(CC1)NC(=O)N(Cc1nc(-c3ccc(CN)cc3)no1)C2=O. The fraction of sp³-hybridized carbons (Fsp3) is 0.500. The van der Waals surface area contributed by atoms with E-state index in [9.17, 15) is 9.59 Å². The molecule has 3 N–H and O–H groups in total. The molecule has 2 fully saturated rings. The Morgan fingerprint density at radius 1 is 1.25 bits per heavy atom. The maximum Gasteiger partial charge on any atom is 0.325 e. The smallest absolute Gasteiger partial charge is 0.325 e. The number of imide groups is 1. The Kier molecular flexibility index (Phi) is 4.89. The molecule has 1 spiro atoms. The van der Waals surface area contributed by atoms with E-state index in [1.807, 2.05) is 24.3 Å². The van der Waals surface area contributed by atoms with Gasteiger partial charge in [-0.15, -0.1) is 0 Å². The molecule has 3 amide bonds. The van der Waals surface area contributed by atoms with Gasteiger partial charge in [-0.1, -0.05) is 42.8 Å². The molecule has 1 aliphatic heterocycles. The lowest BCUT2D eigenvalue weighted by Gasteiger charge is -2.34. The van der Waals surface area contributed by atoms with Crippen LogP contribution in [0.4, 0.5) is 4.79 Å². The number of nitrogens with two attached hydrogens (primary N) is 1. The number of carbonyl (C=O) groups excluding carboxylic acids is 2. The predicted molar refractivity (Wildman–Crippen MR) is 102 cm³/mol. The second kappa shape index (κ2) is 7.35. The van der Waals surface area contributed by atoms with Gasteiger partial charge in [-0.25, -0.2) is 4.79 Å². The van der Waals surface area contributed by atoms with E-state index in [-0.39, 0.29) is 24.4 Å². The molecule has 0 bridgehead atoms. The van der Waals surface area contributed by atoms with E-state index in [0.29, 0.717) is 31.1 Å². The van der Waals surface area contributed by atoms with Crippen molar-refractivity contribution < 1.29 is 14.1 Å². The van der Waals surface area contributed by atoms with Gasteiger partial charge in [-0.2, -0.15) is 4.98 Å². The van der Waals surface area contributed by atoms with Crippen molar-refractivity contribution in [3.8, 4) is 11.4 Å². The molecule has 1 aromatic carbocycles. The highest BCUT2D eigenvalue weighted by Gasteiger charge is 2.52. The van der Waals surface area contributed by atoms with Gasteiger partial charge in [0.15, 0.2) is 0 Å². The lowest BCUT2D eigenvalue weighted by Crippen LogP contribution is -2.49. The largest absolute Gasteiger partial charge is 0.337 e. The van der Waals surface area contributed by atoms with Crippen molar-refractivity contribution in [2.24, 2.45) is 11.7 Å². The van der Waals surface area contributed by atoms with Gasteiger partial charge in [0.1, 0.15) is 12.1 Å². The number of aromatic nitrogens is 2. The highest BCUT2D eigenvalue weighted by molar-refractivity contribution is 6.07. The number of benzene rings is 1. The van der Waals surface area contributed by atoms with Gasteiger partial charge < -0.3 is 15.6 Å². The minimum atomic E-state index is -0.760. The van der Waals surface area contributed by atoms with Gasteiger partial charge in [0.25, 0.3) is 5.91 Å². The summed E-state index contributed by atoms with van der Waals surface area (Å²) in [4.78, 5) is 31.0. The summed E-state index contributed by atoms with van der Waals surface area (Å²) in [5.41, 5.74) is 6.65. The second-order valence-electron chi connectivity index (χ2n) is 7.67. The van der Waals surface area contributed by atoms with Gasteiger partial charge in [-0.3, -0.25) is 9.69 Å². The molecule has 148 valence electrons. The van der Waals surface area contributed by atoms with E-state index in [1.165, 1.54) is 4.90 Å². The summed E-state index contributed by atoms with van der Waals surface area (Å²) in [5, 5.41) is 6.89. The first kappa shape index (κ1) is 18.6. The van der Waals surface area contributed by atoms with E-state index < -0.39 is 5.54 Å². The maximum atomic E-state index is 13.0. The van der Waals surface area contributed by atoms with E-state index in [0.717, 1.165) is 30.4 Å². The van der Waals surface area contributed by atoms with Crippen molar-refractivity contribution in [3.05, 3.63) is 35.7 Å². The molecular weight excluding hydrogens is 358 g/mol. The van der Waals surface area contributed by atoms with Crippen molar-refractivity contribution in [1.29, 1.82) is 0 Å². The van der Waals surface area contributed by atoms with Gasteiger partial charge >= 0.3 is 6.03 Å². The minimum absolute atomic E-state index is 0.0164. The second-order valence-corrected chi connectivity index (χ2v) is 7.67. The normalized spacial score (nSPS) is 24.8. The summed E-state index contributed by atoms with van der Waals surface area (Å²) in [6.45, 7) is 2.61. The Morgan fingerprint density at radius 3 is 2.61 bits per heavy atom. The Hall–Kier alpha value is -2.74. The van der Waals surface area contributed by atoms with E-state index >= 15 is 0 Å². The fourth-order valence-electron chi connectivity index (χ4n) is 4.10. The average Bonchev–Trinajstić information content (AvgIpc) is 3.28. The van der Waals surface area contributed by atoms with Crippen LogP contribution in [0.15, 0.2) is 28.8 Å². The first-order valence-corrected chi connectivity index (χ1v) is 9.80. The molecule has 4 rings (SSSR count). The average molecular weight is 383 g/mol. The van der Waals surface area contributed by atoms with Crippen LogP contribution in [-0.2, 0) is 17.9 Å². The summed E-state index contributed by atoms with van der Waals surface area (Å²) < 4.78 is 5.28. The summed E-state index contributed by atoms with van der Waals surface area (Å²) in [7, 11) is 0. The number of hydrogen-bond acceptors (Lipinski definition) is 6. The van der Waals surface area contributed by atoms with Crippen molar-refractivity contribution in [2.75, 3.05) is 0 Å². The monoisotopic (exact) mass is 383 g/mol. The van der Waals surface area contributed by atoms with Crippen molar-refractivity contribution in [1.82, 2.24) is 20.4 Å². The van der Waals surface area contributed by atoms with Crippen molar-refractivity contribution in [3.63, 3.8) is 0 Å². The number of nitrogens with zero attached hydrogens (tertiary/aromatic N) is 3. The van der Waals surface area contributed by atoms with Gasteiger partial charge in [0, 0.05) is 12.1 Å². The number of urea groups is 1. The molecule has 28 heavy (non-hydrogen) atoms. The molecule has 0 unspecified atom stereocenters. The quantitative estimate of drug-likeness (QED) is 0.767. The first-order chi connectivity index (χ1) is 13.5. The summed E-state index contributed by atoms with van der Waals surface area (Å²) in [6, 6.07) is 7.16. The van der Waals surface area contributed by atoms with E-state index in [2.05, 4.69) is 22.4 Å². The Morgan fingerprint density at radius 2 is 1.96 bits per heavy atom. The molecule has 0 radical (unpaired) electrons. The minimum Gasteiger partial charge on any atom is -0.337 e. The Bertz CT molecular complexity index is 868. The maximum absolute atomic E-state index is 13.0. The van der Waals surface area contributed by atoms with Crippen LogP contribution < -0.4 is 11.1 Å². The molecule has 2 aliphatic rings. The van der Waals surface area contributed by atoms with Crippen LogP contribution >= 0.6 is 0 Å². The topological polar surface area (TPSA) is 114 Å². The predicted octanol–water partition coefficient (Wildman–Crippen LogP) is 2.59. The van der Waals surface area contributed by atoms with E-state index in [1.54, 1.807) is 0 Å². The Balaban J connectivity index is 1.46. The van der Waals surface area contributed by atoms with Crippen LogP contribution in [0.3, 0.4) is 0 Å². The highest BCUT2D eigenvalue weighted by Crippen LogP contribution is 2.38. The van der Waals surface area contributed by atoms with Crippen LogP contribution in [0.2, 0.25) is 0 Å². The van der Waals surface area contributed by atoms with Gasteiger partial charge in [0.05, 0.1) is 0 Å². The molecule has 8 heteroatoms. The van der Waals surface area contributed by atoms with Crippen LogP contribution in [0, 0.1) is 5.92 Å². The summed E-state index contributed by atoms with van der Waals surface area (Å²) >= 11 is 0. The third-order valence-corrected chi connectivity index (χ3v) is 5.99. The zero-order valence-electron chi connectivity index (χ0n) is 16.0. The zero-order chi connectivity index (χ0) is 19.7. The van der Waals surface area contributed by atoms with Crippen molar-refractivity contribution >= 4 is 11.9 Å². The molecule has 2 heterocycles. The lowest BCUT2D eigenvalue weighted by molar-refractivity contribution is -0.133. The lowest BCUT2D eigenvalue weighted by atomic mass is 9.75. The van der Waals surface area contributed by atoms with Crippen LogP contribution in [0.1, 0.15) is 50.5 Å². The number of amides is 3. The highest BCUT2D eigenvalue weighted by atomic mass is 16.5. The molecule has 2 aromatic rings.